The number of Topliss-reactive ketones (excluding diaryl/α,β-unsaturated/α-hetero) is 1. The zero-order chi connectivity index (χ0) is 19.4. The van der Waals surface area contributed by atoms with E-state index >= 15 is 0 Å². The van der Waals surface area contributed by atoms with Crippen LogP contribution in [-0.4, -0.2) is 35.0 Å². The van der Waals surface area contributed by atoms with Crippen molar-refractivity contribution in [2.24, 2.45) is 11.8 Å². The van der Waals surface area contributed by atoms with Gasteiger partial charge in [-0.3, -0.25) is 14.4 Å². The number of aliphatic hydroxyl groups is 1. The highest BCUT2D eigenvalue weighted by atomic mass is 16.3. The Morgan fingerprint density at radius 1 is 1.22 bits per heavy atom. The number of amides is 1. The van der Waals surface area contributed by atoms with Crippen LogP contribution in [0.4, 0.5) is 0 Å². The summed E-state index contributed by atoms with van der Waals surface area (Å²) in [5, 5.41) is 11.5. The van der Waals surface area contributed by atoms with Gasteiger partial charge in [0.2, 0.25) is 0 Å². The minimum Gasteiger partial charge on any atom is -0.396 e. The van der Waals surface area contributed by atoms with E-state index in [-0.39, 0.29) is 23.9 Å². The van der Waals surface area contributed by atoms with E-state index in [4.69, 9.17) is 5.11 Å². The third-order valence-corrected chi connectivity index (χ3v) is 5.09. The maximum Gasteiger partial charge on any atom is 0.263 e. The molecule has 1 aliphatic carbocycles. The molecule has 3 rings (SSSR count). The molecule has 2 atom stereocenters. The van der Waals surface area contributed by atoms with Gasteiger partial charge in [0, 0.05) is 31.8 Å². The molecule has 0 unspecified atom stereocenters. The van der Waals surface area contributed by atoms with E-state index in [9.17, 15) is 14.4 Å². The van der Waals surface area contributed by atoms with Gasteiger partial charge in [-0.25, -0.2) is 0 Å². The molecule has 0 spiro atoms. The van der Waals surface area contributed by atoms with Crippen LogP contribution in [0.15, 0.2) is 47.4 Å². The van der Waals surface area contributed by atoms with Gasteiger partial charge in [-0.1, -0.05) is 30.3 Å². The maximum absolute atomic E-state index is 12.7. The lowest BCUT2D eigenvalue weighted by atomic mass is 10.0. The lowest BCUT2D eigenvalue weighted by Gasteiger charge is -2.11. The van der Waals surface area contributed by atoms with Crippen LogP contribution in [0.3, 0.4) is 0 Å². The third kappa shape index (κ3) is 4.52. The van der Waals surface area contributed by atoms with Gasteiger partial charge < -0.3 is 15.0 Å². The lowest BCUT2D eigenvalue weighted by Crippen LogP contribution is -2.32. The topological polar surface area (TPSA) is 88.4 Å². The van der Waals surface area contributed by atoms with Crippen LogP contribution in [0, 0.1) is 11.8 Å². The van der Waals surface area contributed by atoms with Crippen LogP contribution < -0.4 is 10.9 Å². The van der Waals surface area contributed by atoms with Crippen molar-refractivity contribution in [3.05, 3.63) is 69.6 Å². The van der Waals surface area contributed by atoms with Gasteiger partial charge in [-0.2, -0.15) is 0 Å². The van der Waals surface area contributed by atoms with Gasteiger partial charge >= 0.3 is 0 Å². The molecular weight excluding hydrogens is 344 g/mol. The van der Waals surface area contributed by atoms with Crippen LogP contribution in [0.25, 0.3) is 0 Å². The molecule has 1 fully saturated rings. The van der Waals surface area contributed by atoms with Crippen molar-refractivity contribution >= 4 is 11.7 Å². The van der Waals surface area contributed by atoms with Gasteiger partial charge in [0.1, 0.15) is 5.56 Å². The molecule has 1 aliphatic rings. The normalized spacial score (nSPS) is 18.1. The fraction of sp³-hybridized carbons (Fsp3) is 0.381. The predicted octanol–water partition coefficient (Wildman–Crippen LogP) is 1.85. The number of benzene rings is 1. The molecule has 0 aliphatic heterocycles. The molecule has 0 bridgehead atoms. The molecule has 1 heterocycles. The summed E-state index contributed by atoms with van der Waals surface area (Å²) in [5.74, 6) is 0.101. The van der Waals surface area contributed by atoms with Gasteiger partial charge in [0.25, 0.3) is 11.5 Å². The molecule has 6 nitrogen and oxygen atoms in total. The Morgan fingerprint density at radius 2 is 1.96 bits per heavy atom. The highest BCUT2D eigenvalue weighted by Gasteiger charge is 2.37. The van der Waals surface area contributed by atoms with Crippen molar-refractivity contribution in [2.75, 3.05) is 13.7 Å². The summed E-state index contributed by atoms with van der Waals surface area (Å²) < 4.78 is 1.42. The molecule has 2 N–H and O–H groups in total. The number of hydrogen-bond acceptors (Lipinski definition) is 4. The van der Waals surface area contributed by atoms with Crippen LogP contribution in [-0.2, 0) is 6.54 Å². The van der Waals surface area contributed by atoms with E-state index in [1.165, 1.54) is 17.7 Å². The molecule has 1 amide bonds. The summed E-state index contributed by atoms with van der Waals surface area (Å²) in [7, 11) is 1.46. The first-order valence-corrected chi connectivity index (χ1v) is 9.18. The van der Waals surface area contributed by atoms with Crippen molar-refractivity contribution in [1.82, 2.24) is 9.88 Å². The SMILES string of the molecule is CNC(=O)c1cc(C(=O)C[C@@H]2C[C@H]2CCO)cn(Cc2ccccc2)c1=O. The Bertz CT molecular complexity index is 889. The second kappa shape index (κ2) is 8.31. The summed E-state index contributed by atoms with van der Waals surface area (Å²) >= 11 is 0. The first kappa shape index (κ1) is 19.0. The second-order valence-electron chi connectivity index (χ2n) is 7.04. The average Bonchev–Trinajstić information content (AvgIpc) is 3.41. The van der Waals surface area contributed by atoms with E-state index in [0.717, 1.165) is 18.4 Å². The number of carbonyl (C=O) groups is 2. The monoisotopic (exact) mass is 368 g/mol. The molecule has 2 aromatic rings. The highest BCUT2D eigenvalue weighted by molar-refractivity contribution is 6.00. The minimum atomic E-state index is -0.499. The Kier molecular flexibility index (Phi) is 5.86. The Labute approximate surface area is 157 Å². The molecule has 1 saturated carbocycles. The molecule has 1 aromatic heterocycles. The van der Waals surface area contributed by atoms with Crippen LogP contribution in [0.5, 0.6) is 0 Å². The van der Waals surface area contributed by atoms with E-state index in [1.807, 2.05) is 30.3 Å². The van der Waals surface area contributed by atoms with Crippen LogP contribution in [0.1, 0.15) is 45.5 Å². The molecule has 0 radical (unpaired) electrons. The lowest BCUT2D eigenvalue weighted by molar-refractivity contribution is 0.0961. The average molecular weight is 368 g/mol. The first-order chi connectivity index (χ1) is 13.0. The van der Waals surface area contributed by atoms with E-state index < -0.39 is 11.5 Å². The number of nitrogens with one attached hydrogen (secondary N) is 1. The fourth-order valence-corrected chi connectivity index (χ4v) is 3.42. The largest absolute Gasteiger partial charge is 0.396 e. The Balaban J connectivity index is 1.89. The number of aromatic nitrogens is 1. The van der Waals surface area contributed by atoms with Crippen molar-refractivity contribution in [3.8, 4) is 0 Å². The number of hydrogen-bond donors (Lipinski definition) is 2. The number of ketones is 1. The number of rotatable bonds is 8. The number of nitrogens with zero attached hydrogens (tertiary/aromatic N) is 1. The molecule has 6 heteroatoms. The number of carbonyl (C=O) groups excluding carboxylic acids is 2. The zero-order valence-electron chi connectivity index (χ0n) is 15.4. The summed E-state index contributed by atoms with van der Waals surface area (Å²) in [6.07, 6.45) is 3.59. The van der Waals surface area contributed by atoms with Crippen LogP contribution in [0.2, 0.25) is 0 Å². The van der Waals surface area contributed by atoms with E-state index in [0.29, 0.717) is 24.4 Å². The third-order valence-electron chi connectivity index (χ3n) is 5.09. The zero-order valence-corrected chi connectivity index (χ0v) is 15.4. The van der Waals surface area contributed by atoms with Crippen molar-refractivity contribution in [2.45, 2.75) is 25.8 Å². The van der Waals surface area contributed by atoms with Crippen LogP contribution >= 0.6 is 0 Å². The van der Waals surface area contributed by atoms with Crippen molar-refractivity contribution < 1.29 is 14.7 Å². The summed E-state index contributed by atoms with van der Waals surface area (Å²) in [5.41, 5.74) is 0.845. The second-order valence-corrected chi connectivity index (χ2v) is 7.04. The standard InChI is InChI=1S/C21H24N2O4/c1-22-20(26)18-10-17(19(25)11-16-9-15(16)7-8-24)13-23(21(18)27)12-14-5-3-2-4-6-14/h2-6,10,13,15-16,24H,7-9,11-12H2,1H3,(H,22,26)/t15-,16+/m1/s1. The smallest absolute Gasteiger partial charge is 0.263 e. The number of aliphatic hydroxyl groups excluding tert-OH is 1. The predicted molar refractivity (Wildman–Crippen MR) is 102 cm³/mol. The molecular formula is C21H24N2O4. The molecule has 27 heavy (non-hydrogen) atoms. The Morgan fingerprint density at radius 3 is 2.63 bits per heavy atom. The van der Waals surface area contributed by atoms with E-state index in [2.05, 4.69) is 5.32 Å². The fourth-order valence-electron chi connectivity index (χ4n) is 3.42. The molecule has 1 aromatic carbocycles. The van der Waals surface area contributed by atoms with E-state index in [1.54, 1.807) is 6.20 Å². The van der Waals surface area contributed by atoms with Gasteiger partial charge in [-0.05, 0) is 36.3 Å². The molecule has 142 valence electrons. The molecule has 0 saturated heterocycles. The van der Waals surface area contributed by atoms with Gasteiger partial charge in [0.15, 0.2) is 5.78 Å². The minimum absolute atomic E-state index is 0.0259. The number of pyridine rings is 1. The van der Waals surface area contributed by atoms with Crippen molar-refractivity contribution in [1.29, 1.82) is 0 Å². The van der Waals surface area contributed by atoms with Gasteiger partial charge in [-0.15, -0.1) is 0 Å². The highest BCUT2D eigenvalue weighted by Crippen LogP contribution is 2.44. The first-order valence-electron chi connectivity index (χ1n) is 9.18. The Hall–Kier alpha value is -2.73. The van der Waals surface area contributed by atoms with Crippen molar-refractivity contribution in [3.63, 3.8) is 0 Å². The summed E-state index contributed by atoms with van der Waals surface area (Å²) in [6.45, 7) is 0.430. The summed E-state index contributed by atoms with van der Waals surface area (Å²) in [6, 6.07) is 10.8. The maximum atomic E-state index is 12.7. The quantitative estimate of drug-likeness (QED) is 0.696. The van der Waals surface area contributed by atoms with Gasteiger partial charge in [0.05, 0.1) is 6.54 Å². The summed E-state index contributed by atoms with van der Waals surface area (Å²) in [4.78, 5) is 37.5.